The van der Waals surface area contributed by atoms with Gasteiger partial charge < -0.3 is 5.32 Å². The normalized spacial score (nSPS) is 11.2. The van der Waals surface area contributed by atoms with Crippen LogP contribution in [0.15, 0.2) is 42.5 Å². The summed E-state index contributed by atoms with van der Waals surface area (Å²) in [6.07, 6.45) is 1.11. The van der Waals surface area contributed by atoms with E-state index in [1.165, 1.54) is 12.1 Å². The fraction of sp³-hybridized carbons (Fsp3) is 0.200. The van der Waals surface area contributed by atoms with Crippen LogP contribution in [0, 0.1) is 12.7 Å². The minimum absolute atomic E-state index is 0.268. The largest absolute Gasteiger partial charge is 0.379 e. The molecule has 0 aliphatic rings. The molecule has 2 N–H and O–H groups in total. The van der Waals surface area contributed by atoms with Gasteiger partial charge in [-0.2, -0.15) is 0 Å². The lowest BCUT2D eigenvalue weighted by Gasteiger charge is -2.14. The van der Waals surface area contributed by atoms with Crippen LogP contribution in [-0.2, 0) is 16.6 Å². The van der Waals surface area contributed by atoms with E-state index in [0.29, 0.717) is 17.9 Å². The predicted octanol–water partition coefficient (Wildman–Crippen LogP) is 3.12. The molecule has 0 bridgehead atoms. The number of hydrogen-bond donors (Lipinski definition) is 2. The van der Waals surface area contributed by atoms with Crippen molar-refractivity contribution in [3.8, 4) is 0 Å². The molecule has 0 spiro atoms. The molecular formula is C15H17FN2O2S. The Morgan fingerprint density at radius 1 is 1.10 bits per heavy atom. The molecule has 2 rings (SSSR count). The van der Waals surface area contributed by atoms with E-state index in [2.05, 4.69) is 10.0 Å². The van der Waals surface area contributed by atoms with Crippen LogP contribution in [0.5, 0.6) is 0 Å². The topological polar surface area (TPSA) is 58.2 Å². The first-order valence-corrected chi connectivity index (χ1v) is 8.30. The van der Waals surface area contributed by atoms with Gasteiger partial charge in [-0.25, -0.2) is 12.8 Å². The number of halogens is 1. The van der Waals surface area contributed by atoms with Gasteiger partial charge >= 0.3 is 0 Å². The molecule has 2 aromatic carbocycles. The van der Waals surface area contributed by atoms with Crippen LogP contribution in [0.3, 0.4) is 0 Å². The van der Waals surface area contributed by atoms with Crippen molar-refractivity contribution in [3.05, 3.63) is 59.4 Å². The summed E-state index contributed by atoms with van der Waals surface area (Å²) in [4.78, 5) is 0. The van der Waals surface area contributed by atoms with Gasteiger partial charge in [0, 0.05) is 6.54 Å². The average Bonchev–Trinajstić information content (AvgIpc) is 2.37. The number of rotatable bonds is 5. The highest BCUT2D eigenvalue weighted by atomic mass is 32.2. The minimum Gasteiger partial charge on any atom is -0.379 e. The molecule has 2 aromatic rings. The Bertz CT molecular complexity index is 745. The number of aryl methyl sites for hydroxylation is 1. The lowest BCUT2D eigenvalue weighted by Crippen LogP contribution is -2.12. The molecule has 4 nitrogen and oxygen atoms in total. The lowest BCUT2D eigenvalue weighted by atomic mass is 10.1. The molecule has 0 atom stereocenters. The summed E-state index contributed by atoms with van der Waals surface area (Å²) in [5.74, 6) is -0.268. The van der Waals surface area contributed by atoms with E-state index in [0.717, 1.165) is 17.4 Å². The number of benzene rings is 2. The fourth-order valence-corrected chi connectivity index (χ4v) is 2.55. The first-order valence-electron chi connectivity index (χ1n) is 6.41. The van der Waals surface area contributed by atoms with Crippen LogP contribution in [0.25, 0.3) is 0 Å². The molecule has 0 unspecified atom stereocenters. The number of anilines is 2. The fourth-order valence-electron chi connectivity index (χ4n) is 1.97. The third-order valence-corrected chi connectivity index (χ3v) is 3.59. The molecule has 0 amide bonds. The van der Waals surface area contributed by atoms with Gasteiger partial charge in [-0.05, 0) is 42.3 Å². The van der Waals surface area contributed by atoms with Gasteiger partial charge in [-0.3, -0.25) is 4.72 Å². The van der Waals surface area contributed by atoms with Gasteiger partial charge in [0.1, 0.15) is 5.82 Å². The van der Waals surface area contributed by atoms with Gasteiger partial charge in [-0.15, -0.1) is 0 Å². The molecule has 0 saturated heterocycles. The van der Waals surface area contributed by atoms with Crippen molar-refractivity contribution in [2.24, 2.45) is 0 Å². The van der Waals surface area contributed by atoms with Gasteiger partial charge in [-0.1, -0.05) is 18.2 Å². The van der Waals surface area contributed by atoms with Gasteiger partial charge in [0.15, 0.2) is 0 Å². The van der Waals surface area contributed by atoms with Crippen LogP contribution in [-0.4, -0.2) is 14.7 Å². The monoisotopic (exact) mass is 308 g/mol. The first kappa shape index (κ1) is 15.3. The Morgan fingerprint density at radius 2 is 1.76 bits per heavy atom. The molecule has 0 aliphatic heterocycles. The quantitative estimate of drug-likeness (QED) is 0.892. The summed E-state index contributed by atoms with van der Waals surface area (Å²) in [5.41, 5.74) is 2.95. The smallest absolute Gasteiger partial charge is 0.229 e. The molecule has 112 valence electrons. The van der Waals surface area contributed by atoms with E-state index < -0.39 is 10.0 Å². The first-order chi connectivity index (χ1) is 9.85. The van der Waals surface area contributed by atoms with Crippen LogP contribution >= 0.6 is 0 Å². The molecular weight excluding hydrogens is 291 g/mol. The Kier molecular flexibility index (Phi) is 4.47. The molecule has 0 heterocycles. The van der Waals surface area contributed by atoms with Crippen LogP contribution in [0.1, 0.15) is 11.1 Å². The maximum atomic E-state index is 13.1. The summed E-state index contributed by atoms with van der Waals surface area (Å²) >= 11 is 0. The standard InChI is InChI=1S/C15H17FN2O2S/c1-11-9-13(16)8-7-12(11)10-17-14-5-3-4-6-15(14)18-21(2,19)20/h3-9,17-18H,10H2,1-2H3. The summed E-state index contributed by atoms with van der Waals surface area (Å²) in [6, 6.07) is 11.6. The molecule has 0 fully saturated rings. The van der Waals surface area contributed by atoms with Crippen molar-refractivity contribution in [3.63, 3.8) is 0 Å². The summed E-state index contributed by atoms with van der Waals surface area (Å²) in [6.45, 7) is 2.31. The van der Waals surface area contributed by atoms with E-state index in [4.69, 9.17) is 0 Å². The van der Waals surface area contributed by atoms with Gasteiger partial charge in [0.2, 0.25) is 10.0 Å². The number of para-hydroxylation sites is 2. The Balaban J connectivity index is 2.16. The molecule has 21 heavy (non-hydrogen) atoms. The highest BCUT2D eigenvalue weighted by Gasteiger charge is 2.07. The summed E-state index contributed by atoms with van der Waals surface area (Å²) in [5, 5.41) is 3.16. The number of sulfonamides is 1. The number of hydrogen-bond acceptors (Lipinski definition) is 3. The van der Waals surface area contributed by atoms with Gasteiger partial charge in [0.25, 0.3) is 0 Å². The van der Waals surface area contributed by atoms with Crippen LogP contribution < -0.4 is 10.0 Å². The van der Waals surface area contributed by atoms with Crippen molar-refractivity contribution in [1.29, 1.82) is 0 Å². The third-order valence-electron chi connectivity index (χ3n) is 3.00. The Labute approximate surface area is 124 Å². The van der Waals surface area contributed by atoms with Crippen LogP contribution in [0.4, 0.5) is 15.8 Å². The van der Waals surface area contributed by atoms with Crippen molar-refractivity contribution in [1.82, 2.24) is 0 Å². The summed E-state index contributed by atoms with van der Waals surface area (Å²) < 4.78 is 38.2. The SMILES string of the molecule is Cc1cc(F)ccc1CNc1ccccc1NS(C)(=O)=O. The minimum atomic E-state index is -3.34. The van der Waals surface area contributed by atoms with Crippen molar-refractivity contribution >= 4 is 21.4 Å². The van der Waals surface area contributed by atoms with E-state index in [-0.39, 0.29) is 5.82 Å². The Morgan fingerprint density at radius 3 is 2.38 bits per heavy atom. The molecule has 6 heteroatoms. The highest BCUT2D eigenvalue weighted by Crippen LogP contribution is 2.23. The molecule has 0 aliphatic carbocycles. The predicted molar refractivity (Wildman–Crippen MR) is 83.4 cm³/mol. The molecule has 0 saturated carbocycles. The third kappa shape index (κ3) is 4.46. The van der Waals surface area contributed by atoms with E-state index >= 15 is 0 Å². The average molecular weight is 308 g/mol. The van der Waals surface area contributed by atoms with Crippen molar-refractivity contribution in [2.45, 2.75) is 13.5 Å². The molecule has 0 aromatic heterocycles. The van der Waals surface area contributed by atoms with E-state index in [1.54, 1.807) is 24.3 Å². The lowest BCUT2D eigenvalue weighted by molar-refractivity contribution is 0.607. The van der Waals surface area contributed by atoms with Crippen molar-refractivity contribution < 1.29 is 12.8 Å². The second-order valence-electron chi connectivity index (χ2n) is 4.84. The van der Waals surface area contributed by atoms with E-state index in [9.17, 15) is 12.8 Å². The van der Waals surface area contributed by atoms with Crippen molar-refractivity contribution in [2.75, 3.05) is 16.3 Å². The number of nitrogens with one attached hydrogen (secondary N) is 2. The van der Waals surface area contributed by atoms with Crippen LogP contribution in [0.2, 0.25) is 0 Å². The zero-order valence-corrected chi connectivity index (χ0v) is 12.7. The summed E-state index contributed by atoms with van der Waals surface area (Å²) in [7, 11) is -3.34. The maximum Gasteiger partial charge on any atom is 0.229 e. The van der Waals surface area contributed by atoms with E-state index in [1.807, 2.05) is 13.0 Å². The maximum absolute atomic E-state index is 13.1. The Hall–Kier alpha value is -2.08. The molecule has 0 radical (unpaired) electrons. The highest BCUT2D eigenvalue weighted by molar-refractivity contribution is 7.92. The zero-order valence-electron chi connectivity index (χ0n) is 11.9. The second kappa shape index (κ2) is 6.13. The zero-order chi connectivity index (χ0) is 15.5. The second-order valence-corrected chi connectivity index (χ2v) is 6.59. The van der Waals surface area contributed by atoms with Gasteiger partial charge in [0.05, 0.1) is 17.6 Å².